The lowest BCUT2D eigenvalue weighted by molar-refractivity contribution is -0.112. The van der Waals surface area contributed by atoms with Crippen LogP contribution in [0, 0.1) is 11.8 Å². The summed E-state index contributed by atoms with van der Waals surface area (Å²) in [6, 6.07) is 0. The van der Waals surface area contributed by atoms with Crippen molar-refractivity contribution in [1.82, 2.24) is 0 Å². The summed E-state index contributed by atoms with van der Waals surface area (Å²) in [6.07, 6.45) is 5.39. The van der Waals surface area contributed by atoms with E-state index in [1.54, 1.807) is 0 Å². The third-order valence-electron chi connectivity index (χ3n) is 2.30. The number of hydrogen-bond donors (Lipinski definition) is 0. The Hall–Kier alpha value is -0.590. The first-order valence-corrected chi connectivity index (χ1v) is 3.85. The van der Waals surface area contributed by atoms with Gasteiger partial charge in [0.2, 0.25) is 0 Å². The van der Waals surface area contributed by atoms with Crippen LogP contribution < -0.4 is 0 Å². The lowest BCUT2D eigenvalue weighted by Gasteiger charge is -2.22. The van der Waals surface area contributed by atoms with Gasteiger partial charge >= 0.3 is 0 Å². The fourth-order valence-corrected chi connectivity index (χ4v) is 1.40. The van der Waals surface area contributed by atoms with E-state index in [0.29, 0.717) is 5.92 Å². The molecule has 0 radical (unpaired) electrons. The Morgan fingerprint density at radius 2 is 2.40 bits per heavy atom. The predicted octanol–water partition coefficient (Wildman–Crippen LogP) is 2.18. The number of aldehydes is 1. The van der Waals surface area contributed by atoms with Crippen molar-refractivity contribution in [3.63, 3.8) is 0 Å². The monoisotopic (exact) mass is 138 g/mol. The van der Waals surface area contributed by atoms with E-state index in [9.17, 15) is 4.79 Å². The molecule has 1 aliphatic carbocycles. The van der Waals surface area contributed by atoms with Gasteiger partial charge in [0.15, 0.2) is 0 Å². The quantitative estimate of drug-likeness (QED) is 0.401. The van der Waals surface area contributed by atoms with Crippen LogP contribution in [0.1, 0.15) is 26.7 Å². The minimum atomic E-state index is 0.282. The second-order valence-corrected chi connectivity index (χ2v) is 3.27. The molecule has 1 heteroatoms. The molecule has 1 aliphatic rings. The van der Waals surface area contributed by atoms with E-state index in [0.717, 1.165) is 19.1 Å². The molecule has 0 N–H and O–H groups in total. The van der Waals surface area contributed by atoms with Crippen molar-refractivity contribution in [1.29, 1.82) is 0 Å². The van der Waals surface area contributed by atoms with Crippen LogP contribution in [0.15, 0.2) is 11.6 Å². The molecule has 0 unspecified atom stereocenters. The van der Waals surface area contributed by atoms with Crippen molar-refractivity contribution in [2.24, 2.45) is 11.8 Å². The minimum absolute atomic E-state index is 0.282. The second-order valence-electron chi connectivity index (χ2n) is 3.27. The fraction of sp³-hybridized carbons (Fsp3) is 0.667. The van der Waals surface area contributed by atoms with Crippen LogP contribution in [-0.2, 0) is 4.79 Å². The van der Waals surface area contributed by atoms with E-state index in [2.05, 4.69) is 19.9 Å². The summed E-state index contributed by atoms with van der Waals surface area (Å²) < 4.78 is 0. The van der Waals surface area contributed by atoms with Crippen LogP contribution in [-0.4, -0.2) is 6.29 Å². The molecule has 10 heavy (non-hydrogen) atoms. The van der Waals surface area contributed by atoms with Crippen LogP contribution in [0.25, 0.3) is 0 Å². The van der Waals surface area contributed by atoms with Crippen LogP contribution in [0.3, 0.4) is 0 Å². The summed E-state index contributed by atoms with van der Waals surface area (Å²) >= 11 is 0. The summed E-state index contributed by atoms with van der Waals surface area (Å²) in [7, 11) is 0. The fourth-order valence-electron chi connectivity index (χ4n) is 1.40. The molecular weight excluding hydrogens is 124 g/mol. The molecule has 0 saturated heterocycles. The normalized spacial score (nSPS) is 33.2. The molecule has 1 rings (SSSR count). The Morgan fingerprint density at radius 1 is 1.70 bits per heavy atom. The Morgan fingerprint density at radius 3 is 2.90 bits per heavy atom. The molecule has 0 aliphatic heterocycles. The minimum Gasteiger partial charge on any atom is -0.303 e. The molecule has 56 valence electrons. The maximum absolute atomic E-state index is 10.5. The van der Waals surface area contributed by atoms with Gasteiger partial charge in [-0.3, -0.25) is 0 Å². The van der Waals surface area contributed by atoms with Gasteiger partial charge in [-0.1, -0.05) is 18.6 Å². The van der Waals surface area contributed by atoms with E-state index < -0.39 is 0 Å². The van der Waals surface area contributed by atoms with Gasteiger partial charge in [-0.15, -0.1) is 0 Å². The summed E-state index contributed by atoms with van der Waals surface area (Å²) in [5.74, 6) is 0.839. The molecule has 0 spiro atoms. The van der Waals surface area contributed by atoms with Crippen molar-refractivity contribution in [3.8, 4) is 0 Å². The maximum atomic E-state index is 10.5. The van der Waals surface area contributed by atoms with Gasteiger partial charge in [0.05, 0.1) is 0 Å². The molecule has 0 heterocycles. The van der Waals surface area contributed by atoms with Crippen LogP contribution in [0.4, 0.5) is 0 Å². The first-order chi connectivity index (χ1) is 4.74. The average Bonchev–Trinajstić information content (AvgIpc) is 1.94. The number of rotatable bonds is 1. The van der Waals surface area contributed by atoms with Gasteiger partial charge in [0.25, 0.3) is 0 Å². The molecule has 0 saturated carbocycles. The Labute approximate surface area is 62.1 Å². The summed E-state index contributed by atoms with van der Waals surface area (Å²) in [5, 5.41) is 0. The molecule has 0 amide bonds. The molecule has 0 aromatic rings. The van der Waals surface area contributed by atoms with Gasteiger partial charge in [-0.25, -0.2) is 0 Å². The zero-order valence-corrected chi connectivity index (χ0v) is 6.63. The van der Waals surface area contributed by atoms with E-state index in [4.69, 9.17) is 0 Å². The van der Waals surface area contributed by atoms with Crippen molar-refractivity contribution < 1.29 is 4.79 Å². The van der Waals surface area contributed by atoms with E-state index >= 15 is 0 Å². The van der Waals surface area contributed by atoms with Crippen molar-refractivity contribution in [3.05, 3.63) is 11.6 Å². The highest BCUT2D eigenvalue weighted by atomic mass is 16.1. The van der Waals surface area contributed by atoms with Crippen LogP contribution >= 0.6 is 0 Å². The van der Waals surface area contributed by atoms with Crippen molar-refractivity contribution >= 4 is 6.29 Å². The number of hydrogen-bond acceptors (Lipinski definition) is 1. The second kappa shape index (κ2) is 3.00. The van der Waals surface area contributed by atoms with Crippen LogP contribution in [0.5, 0.6) is 0 Å². The average molecular weight is 138 g/mol. The lowest BCUT2D eigenvalue weighted by atomic mass is 9.82. The Balaban J connectivity index is 2.61. The molecule has 2 atom stereocenters. The lowest BCUT2D eigenvalue weighted by Crippen LogP contribution is -2.16. The third kappa shape index (κ3) is 1.47. The topological polar surface area (TPSA) is 17.1 Å². The molecule has 1 nitrogen and oxygen atoms in total. The number of carbonyl (C=O) groups is 1. The summed E-state index contributed by atoms with van der Waals surface area (Å²) in [4.78, 5) is 10.5. The van der Waals surface area contributed by atoms with Crippen LogP contribution in [0.2, 0.25) is 0 Å². The highest BCUT2D eigenvalue weighted by Crippen LogP contribution is 2.27. The zero-order valence-electron chi connectivity index (χ0n) is 6.63. The number of carbonyl (C=O) groups excluding carboxylic acids is 1. The van der Waals surface area contributed by atoms with Gasteiger partial charge < -0.3 is 4.79 Å². The Kier molecular flexibility index (Phi) is 2.25. The van der Waals surface area contributed by atoms with Gasteiger partial charge in [-0.2, -0.15) is 0 Å². The summed E-state index contributed by atoms with van der Waals surface area (Å²) in [5.41, 5.74) is 1.37. The van der Waals surface area contributed by atoms with Gasteiger partial charge in [-0.05, 0) is 25.7 Å². The largest absolute Gasteiger partial charge is 0.303 e. The standard InChI is InChI=1S/C9H14O/c1-7-3-4-8(2)9(5-7)6-10/h3,6,8-9H,4-5H2,1-2H3/t8-,9-/m0/s1. The highest BCUT2D eigenvalue weighted by Gasteiger charge is 2.19. The van der Waals surface area contributed by atoms with E-state index in [-0.39, 0.29) is 5.92 Å². The first-order valence-electron chi connectivity index (χ1n) is 3.85. The van der Waals surface area contributed by atoms with E-state index in [1.165, 1.54) is 5.57 Å². The summed E-state index contributed by atoms with van der Waals surface area (Å²) in [6.45, 7) is 4.24. The zero-order chi connectivity index (χ0) is 7.56. The predicted molar refractivity (Wildman–Crippen MR) is 41.7 cm³/mol. The Bertz CT molecular complexity index is 158. The molecule has 0 aromatic carbocycles. The third-order valence-corrected chi connectivity index (χ3v) is 2.30. The first kappa shape index (κ1) is 7.52. The molecule has 0 aromatic heterocycles. The van der Waals surface area contributed by atoms with E-state index in [1.807, 2.05) is 0 Å². The molecular formula is C9H14O. The highest BCUT2D eigenvalue weighted by molar-refractivity contribution is 5.55. The SMILES string of the molecule is CC1=CC[C@H](C)[C@H](C=O)C1. The van der Waals surface area contributed by atoms with Gasteiger partial charge in [0.1, 0.15) is 6.29 Å². The molecule has 0 bridgehead atoms. The molecule has 0 fully saturated rings. The maximum Gasteiger partial charge on any atom is 0.123 e. The van der Waals surface area contributed by atoms with Gasteiger partial charge in [0, 0.05) is 5.92 Å². The van der Waals surface area contributed by atoms with Crippen molar-refractivity contribution in [2.45, 2.75) is 26.7 Å². The smallest absolute Gasteiger partial charge is 0.123 e. The number of allylic oxidation sites excluding steroid dienone is 2. The van der Waals surface area contributed by atoms with Crippen molar-refractivity contribution in [2.75, 3.05) is 0 Å².